The van der Waals surface area contributed by atoms with E-state index in [0.29, 0.717) is 17.2 Å². The molecule has 0 radical (unpaired) electrons. The standard InChI is InChI=1S/C22H18N4O4/c1-14-20(26(27)28)21(24-18-9-5-6-10-19(18)29-2)25-22(23-14)30-17-12-11-15-7-3-4-8-16(15)13-17/h3-13H,1-2H3,(H,23,24,25). The molecule has 0 atom stereocenters. The Hall–Kier alpha value is -4.20. The Morgan fingerprint density at radius 2 is 1.70 bits per heavy atom. The number of hydrogen-bond donors (Lipinski definition) is 1. The number of hydrogen-bond acceptors (Lipinski definition) is 7. The number of fused-ring (bicyclic) bond motifs is 1. The molecule has 0 saturated heterocycles. The third-order valence-electron chi connectivity index (χ3n) is 4.51. The molecule has 8 heteroatoms. The van der Waals surface area contributed by atoms with E-state index in [4.69, 9.17) is 9.47 Å². The predicted molar refractivity (Wildman–Crippen MR) is 114 cm³/mol. The molecule has 0 unspecified atom stereocenters. The van der Waals surface area contributed by atoms with Gasteiger partial charge < -0.3 is 14.8 Å². The van der Waals surface area contributed by atoms with Gasteiger partial charge in [0.05, 0.1) is 17.7 Å². The van der Waals surface area contributed by atoms with Gasteiger partial charge in [-0.25, -0.2) is 0 Å². The zero-order valence-corrected chi connectivity index (χ0v) is 16.3. The summed E-state index contributed by atoms with van der Waals surface area (Å²) in [5.74, 6) is 1.08. The maximum absolute atomic E-state index is 11.6. The van der Waals surface area contributed by atoms with Crippen LogP contribution in [0.15, 0.2) is 66.7 Å². The molecular weight excluding hydrogens is 384 g/mol. The third-order valence-corrected chi connectivity index (χ3v) is 4.51. The lowest BCUT2D eigenvalue weighted by molar-refractivity contribution is -0.385. The number of aromatic nitrogens is 2. The second kappa shape index (κ2) is 8.04. The first kappa shape index (κ1) is 19.1. The quantitative estimate of drug-likeness (QED) is 0.341. The Labute approximate surface area is 172 Å². The summed E-state index contributed by atoms with van der Waals surface area (Å²) in [6.45, 7) is 1.54. The summed E-state index contributed by atoms with van der Waals surface area (Å²) in [5.41, 5.74) is 0.493. The van der Waals surface area contributed by atoms with Gasteiger partial charge in [-0.3, -0.25) is 10.1 Å². The number of methoxy groups -OCH3 is 1. The number of para-hydroxylation sites is 2. The number of benzene rings is 3. The molecule has 0 amide bonds. The van der Waals surface area contributed by atoms with E-state index in [1.165, 1.54) is 7.11 Å². The average molecular weight is 402 g/mol. The maximum Gasteiger partial charge on any atom is 0.332 e. The zero-order valence-electron chi connectivity index (χ0n) is 16.3. The van der Waals surface area contributed by atoms with Gasteiger partial charge in [0.2, 0.25) is 5.82 Å². The van der Waals surface area contributed by atoms with E-state index in [1.807, 2.05) is 36.4 Å². The van der Waals surface area contributed by atoms with E-state index < -0.39 is 4.92 Å². The number of ether oxygens (including phenoxy) is 2. The highest BCUT2D eigenvalue weighted by Gasteiger charge is 2.24. The van der Waals surface area contributed by atoms with Crippen molar-refractivity contribution in [3.05, 3.63) is 82.5 Å². The van der Waals surface area contributed by atoms with Crippen LogP contribution in [0, 0.1) is 17.0 Å². The number of anilines is 2. The number of nitro groups is 1. The molecule has 1 heterocycles. The molecule has 8 nitrogen and oxygen atoms in total. The van der Waals surface area contributed by atoms with Gasteiger partial charge >= 0.3 is 11.7 Å². The zero-order chi connectivity index (χ0) is 21.1. The Bertz CT molecular complexity index is 1240. The van der Waals surface area contributed by atoms with Crippen LogP contribution in [0.25, 0.3) is 10.8 Å². The summed E-state index contributed by atoms with van der Waals surface area (Å²) in [4.78, 5) is 19.5. The van der Waals surface area contributed by atoms with Gasteiger partial charge in [0.1, 0.15) is 17.2 Å². The van der Waals surface area contributed by atoms with Crippen LogP contribution in [-0.4, -0.2) is 22.0 Å². The summed E-state index contributed by atoms with van der Waals surface area (Å²) in [6, 6.07) is 20.5. The van der Waals surface area contributed by atoms with Crippen LogP contribution < -0.4 is 14.8 Å². The van der Waals surface area contributed by atoms with Gasteiger partial charge in [0.15, 0.2) is 0 Å². The molecule has 0 aliphatic rings. The van der Waals surface area contributed by atoms with Crippen LogP contribution in [0.1, 0.15) is 5.69 Å². The summed E-state index contributed by atoms with van der Waals surface area (Å²) >= 11 is 0. The van der Waals surface area contributed by atoms with Crippen molar-refractivity contribution in [1.29, 1.82) is 0 Å². The van der Waals surface area contributed by atoms with Gasteiger partial charge in [-0.15, -0.1) is 0 Å². The predicted octanol–water partition coefficient (Wildman–Crippen LogP) is 5.39. The Balaban J connectivity index is 1.73. The van der Waals surface area contributed by atoms with Crippen molar-refractivity contribution in [2.24, 2.45) is 0 Å². The largest absolute Gasteiger partial charge is 0.495 e. The first-order chi connectivity index (χ1) is 14.5. The van der Waals surface area contributed by atoms with Gasteiger partial charge in [0.25, 0.3) is 0 Å². The summed E-state index contributed by atoms with van der Waals surface area (Å²) < 4.78 is 11.1. The van der Waals surface area contributed by atoms with Crippen molar-refractivity contribution in [2.45, 2.75) is 6.92 Å². The maximum atomic E-state index is 11.6. The molecule has 150 valence electrons. The molecule has 0 aliphatic carbocycles. The normalized spacial score (nSPS) is 10.6. The molecule has 3 aromatic carbocycles. The van der Waals surface area contributed by atoms with E-state index >= 15 is 0 Å². The fourth-order valence-electron chi connectivity index (χ4n) is 3.10. The van der Waals surface area contributed by atoms with Crippen molar-refractivity contribution in [1.82, 2.24) is 9.97 Å². The van der Waals surface area contributed by atoms with Crippen molar-refractivity contribution in [2.75, 3.05) is 12.4 Å². The third kappa shape index (κ3) is 3.83. The van der Waals surface area contributed by atoms with E-state index in [0.717, 1.165) is 10.8 Å². The number of nitrogens with one attached hydrogen (secondary N) is 1. The van der Waals surface area contributed by atoms with Crippen LogP contribution in [0.3, 0.4) is 0 Å². The second-order valence-corrected chi connectivity index (χ2v) is 6.48. The minimum absolute atomic E-state index is 0.00535. The lowest BCUT2D eigenvalue weighted by Gasteiger charge is -2.12. The molecular formula is C22H18N4O4. The lowest BCUT2D eigenvalue weighted by Crippen LogP contribution is -2.06. The van der Waals surface area contributed by atoms with Crippen molar-refractivity contribution >= 4 is 28.0 Å². The van der Waals surface area contributed by atoms with E-state index in [9.17, 15) is 10.1 Å². The minimum atomic E-state index is -0.521. The topological polar surface area (TPSA) is 99.4 Å². The van der Waals surface area contributed by atoms with Crippen LogP contribution in [0.4, 0.5) is 17.2 Å². The van der Waals surface area contributed by atoms with Crippen molar-refractivity contribution in [3.8, 4) is 17.5 Å². The number of rotatable bonds is 6. The van der Waals surface area contributed by atoms with E-state index in [-0.39, 0.29) is 23.2 Å². The van der Waals surface area contributed by atoms with Gasteiger partial charge in [-0.2, -0.15) is 9.97 Å². The molecule has 4 aromatic rings. The molecule has 0 spiro atoms. The number of nitrogens with zero attached hydrogens (tertiary/aromatic N) is 3. The highest BCUT2D eigenvalue weighted by atomic mass is 16.6. The monoisotopic (exact) mass is 402 g/mol. The lowest BCUT2D eigenvalue weighted by atomic mass is 10.1. The Kier molecular flexibility index (Phi) is 5.13. The number of aryl methyl sites for hydroxylation is 1. The Morgan fingerprint density at radius 3 is 2.47 bits per heavy atom. The smallest absolute Gasteiger partial charge is 0.332 e. The van der Waals surface area contributed by atoms with E-state index in [1.54, 1.807) is 37.3 Å². The van der Waals surface area contributed by atoms with Crippen molar-refractivity contribution < 1.29 is 14.4 Å². The first-order valence-electron chi connectivity index (χ1n) is 9.15. The second-order valence-electron chi connectivity index (χ2n) is 6.48. The SMILES string of the molecule is COc1ccccc1Nc1nc(Oc2ccc3ccccc3c2)nc(C)c1[N+](=O)[O-]. The molecule has 0 fully saturated rings. The van der Waals surface area contributed by atoms with Gasteiger partial charge in [0, 0.05) is 0 Å². The average Bonchev–Trinajstić information content (AvgIpc) is 2.73. The van der Waals surface area contributed by atoms with Crippen molar-refractivity contribution in [3.63, 3.8) is 0 Å². The van der Waals surface area contributed by atoms with Crippen LogP contribution in [0.5, 0.6) is 17.5 Å². The highest BCUT2D eigenvalue weighted by Crippen LogP contribution is 2.34. The van der Waals surface area contributed by atoms with Crippen LogP contribution in [-0.2, 0) is 0 Å². The molecule has 0 aliphatic heterocycles. The fraction of sp³-hybridized carbons (Fsp3) is 0.0909. The molecule has 4 rings (SSSR count). The Morgan fingerprint density at radius 1 is 0.967 bits per heavy atom. The van der Waals surface area contributed by atoms with Crippen LogP contribution >= 0.6 is 0 Å². The molecule has 0 bridgehead atoms. The summed E-state index contributed by atoms with van der Waals surface area (Å²) in [5, 5.41) is 16.7. The van der Waals surface area contributed by atoms with Crippen LogP contribution in [0.2, 0.25) is 0 Å². The summed E-state index contributed by atoms with van der Waals surface area (Å²) in [6.07, 6.45) is 0. The first-order valence-corrected chi connectivity index (χ1v) is 9.15. The van der Waals surface area contributed by atoms with Gasteiger partial charge in [-0.1, -0.05) is 42.5 Å². The van der Waals surface area contributed by atoms with Gasteiger partial charge in [-0.05, 0) is 42.0 Å². The van der Waals surface area contributed by atoms with E-state index in [2.05, 4.69) is 15.3 Å². The molecule has 1 aromatic heterocycles. The fourth-order valence-corrected chi connectivity index (χ4v) is 3.10. The molecule has 0 saturated carbocycles. The molecule has 30 heavy (non-hydrogen) atoms. The summed E-state index contributed by atoms with van der Waals surface area (Å²) in [7, 11) is 1.52. The highest BCUT2D eigenvalue weighted by molar-refractivity contribution is 5.83. The minimum Gasteiger partial charge on any atom is -0.495 e. The molecule has 1 N–H and O–H groups in total.